The Balaban J connectivity index is 2.08. The van der Waals surface area contributed by atoms with Crippen LogP contribution in [0.1, 0.15) is 23.2 Å². The summed E-state index contributed by atoms with van der Waals surface area (Å²) in [4.78, 5) is 10.6. The van der Waals surface area contributed by atoms with Gasteiger partial charge in [-0.05, 0) is 18.2 Å². The highest BCUT2D eigenvalue weighted by Crippen LogP contribution is 2.22. The summed E-state index contributed by atoms with van der Waals surface area (Å²) in [5, 5.41) is 8.70. The van der Waals surface area contributed by atoms with E-state index in [9.17, 15) is 9.18 Å². The Morgan fingerprint density at radius 2 is 2.12 bits per heavy atom. The molecule has 2 rings (SSSR count). The van der Waals surface area contributed by atoms with Gasteiger partial charge in [0.1, 0.15) is 6.10 Å². The molecule has 0 aromatic heterocycles. The van der Waals surface area contributed by atoms with E-state index in [1.807, 2.05) is 0 Å². The monoisotopic (exact) mass is 240 g/mol. The molecule has 1 aliphatic heterocycles. The number of ether oxygens (including phenoxy) is 2. The van der Waals surface area contributed by atoms with E-state index in [4.69, 9.17) is 14.6 Å². The third-order valence-electron chi connectivity index (χ3n) is 2.64. The van der Waals surface area contributed by atoms with Crippen molar-refractivity contribution in [1.82, 2.24) is 0 Å². The van der Waals surface area contributed by atoms with Crippen molar-refractivity contribution in [3.8, 4) is 5.75 Å². The summed E-state index contributed by atoms with van der Waals surface area (Å²) >= 11 is 0. The van der Waals surface area contributed by atoms with E-state index in [0.717, 1.165) is 18.9 Å². The van der Waals surface area contributed by atoms with Gasteiger partial charge in [-0.25, -0.2) is 9.18 Å². The lowest BCUT2D eigenvalue weighted by molar-refractivity contribution is 0.0240. The number of carboxylic acids is 1. The van der Waals surface area contributed by atoms with Gasteiger partial charge in [-0.2, -0.15) is 0 Å². The van der Waals surface area contributed by atoms with Crippen molar-refractivity contribution in [2.75, 3.05) is 13.2 Å². The van der Waals surface area contributed by atoms with E-state index in [1.165, 1.54) is 12.1 Å². The first-order chi connectivity index (χ1) is 8.16. The minimum atomic E-state index is -1.15. The second kappa shape index (κ2) is 5.14. The molecule has 92 valence electrons. The SMILES string of the molecule is O=C(O)c1ccc(OC2CCOCC2)c(F)c1. The third-order valence-corrected chi connectivity index (χ3v) is 2.64. The van der Waals surface area contributed by atoms with Crippen LogP contribution in [0.2, 0.25) is 0 Å². The second-order valence-corrected chi connectivity index (χ2v) is 3.88. The molecule has 1 heterocycles. The molecule has 4 nitrogen and oxygen atoms in total. The zero-order chi connectivity index (χ0) is 12.3. The molecule has 0 unspecified atom stereocenters. The fourth-order valence-corrected chi connectivity index (χ4v) is 1.70. The molecule has 1 fully saturated rings. The van der Waals surface area contributed by atoms with Crippen molar-refractivity contribution in [2.45, 2.75) is 18.9 Å². The van der Waals surface area contributed by atoms with Gasteiger partial charge in [0.05, 0.1) is 18.8 Å². The zero-order valence-electron chi connectivity index (χ0n) is 9.19. The number of aromatic carboxylic acids is 1. The smallest absolute Gasteiger partial charge is 0.335 e. The molecule has 1 aromatic rings. The fraction of sp³-hybridized carbons (Fsp3) is 0.417. The van der Waals surface area contributed by atoms with Crippen LogP contribution in [0.15, 0.2) is 18.2 Å². The van der Waals surface area contributed by atoms with E-state index >= 15 is 0 Å². The Hall–Kier alpha value is -1.62. The van der Waals surface area contributed by atoms with E-state index in [2.05, 4.69) is 0 Å². The number of rotatable bonds is 3. The molecule has 0 atom stereocenters. The van der Waals surface area contributed by atoms with Gasteiger partial charge < -0.3 is 14.6 Å². The van der Waals surface area contributed by atoms with Crippen LogP contribution in [0.3, 0.4) is 0 Å². The van der Waals surface area contributed by atoms with Crippen molar-refractivity contribution >= 4 is 5.97 Å². The Bertz CT molecular complexity index is 413. The van der Waals surface area contributed by atoms with Crippen LogP contribution < -0.4 is 4.74 Å². The minimum Gasteiger partial charge on any atom is -0.487 e. The third kappa shape index (κ3) is 2.94. The zero-order valence-corrected chi connectivity index (χ0v) is 9.19. The van der Waals surface area contributed by atoms with Gasteiger partial charge in [0, 0.05) is 12.8 Å². The maximum atomic E-state index is 13.5. The molecule has 0 bridgehead atoms. The highest BCUT2D eigenvalue weighted by molar-refractivity contribution is 5.87. The highest BCUT2D eigenvalue weighted by Gasteiger charge is 2.17. The number of hydrogen-bond acceptors (Lipinski definition) is 3. The van der Waals surface area contributed by atoms with Crippen LogP contribution in [0, 0.1) is 5.82 Å². The molecule has 1 N–H and O–H groups in total. The van der Waals surface area contributed by atoms with E-state index in [-0.39, 0.29) is 17.4 Å². The Kier molecular flexibility index (Phi) is 3.58. The van der Waals surface area contributed by atoms with E-state index < -0.39 is 11.8 Å². The van der Waals surface area contributed by atoms with Gasteiger partial charge in [-0.3, -0.25) is 0 Å². The van der Waals surface area contributed by atoms with Gasteiger partial charge >= 0.3 is 5.97 Å². The molecule has 1 aromatic carbocycles. The Morgan fingerprint density at radius 3 is 2.71 bits per heavy atom. The summed E-state index contributed by atoms with van der Waals surface area (Å²) in [7, 11) is 0. The average molecular weight is 240 g/mol. The van der Waals surface area contributed by atoms with Gasteiger partial charge in [-0.15, -0.1) is 0 Å². The first-order valence-corrected chi connectivity index (χ1v) is 5.44. The van der Waals surface area contributed by atoms with Crippen LogP contribution in [0.25, 0.3) is 0 Å². The summed E-state index contributed by atoms with van der Waals surface area (Å²) in [6.45, 7) is 1.22. The number of carboxylic acid groups (broad SMARTS) is 1. The largest absolute Gasteiger partial charge is 0.487 e. The van der Waals surface area contributed by atoms with Gasteiger partial charge in [0.15, 0.2) is 11.6 Å². The average Bonchev–Trinajstić information content (AvgIpc) is 2.33. The predicted octanol–water partition coefficient (Wildman–Crippen LogP) is 2.08. The quantitative estimate of drug-likeness (QED) is 0.878. The molecule has 17 heavy (non-hydrogen) atoms. The highest BCUT2D eigenvalue weighted by atomic mass is 19.1. The molecule has 0 spiro atoms. The van der Waals surface area contributed by atoms with Crippen molar-refractivity contribution in [3.05, 3.63) is 29.6 Å². The van der Waals surface area contributed by atoms with Gasteiger partial charge in [-0.1, -0.05) is 0 Å². The van der Waals surface area contributed by atoms with Crippen LogP contribution in [-0.2, 0) is 4.74 Å². The molecule has 0 amide bonds. The van der Waals surface area contributed by atoms with Crippen LogP contribution >= 0.6 is 0 Å². The summed E-state index contributed by atoms with van der Waals surface area (Å²) in [5.74, 6) is -1.69. The summed E-state index contributed by atoms with van der Waals surface area (Å²) < 4.78 is 24.2. The van der Waals surface area contributed by atoms with Crippen LogP contribution in [0.4, 0.5) is 4.39 Å². The van der Waals surface area contributed by atoms with Crippen LogP contribution in [-0.4, -0.2) is 30.4 Å². The van der Waals surface area contributed by atoms with Crippen molar-refractivity contribution in [3.63, 3.8) is 0 Å². The normalized spacial score (nSPS) is 16.8. The summed E-state index contributed by atoms with van der Waals surface area (Å²) in [6.07, 6.45) is 1.38. The Morgan fingerprint density at radius 1 is 1.41 bits per heavy atom. The van der Waals surface area contributed by atoms with Crippen molar-refractivity contribution < 1.29 is 23.8 Å². The van der Waals surface area contributed by atoms with Crippen LogP contribution in [0.5, 0.6) is 5.75 Å². The molecule has 1 saturated heterocycles. The molecule has 5 heteroatoms. The molecular weight excluding hydrogens is 227 g/mol. The van der Waals surface area contributed by atoms with E-state index in [1.54, 1.807) is 0 Å². The fourth-order valence-electron chi connectivity index (χ4n) is 1.70. The standard InChI is InChI=1S/C12H13FO4/c13-10-7-8(12(14)15)1-2-11(10)17-9-3-5-16-6-4-9/h1-2,7,9H,3-6H2,(H,14,15). The van der Waals surface area contributed by atoms with Gasteiger partial charge in [0.25, 0.3) is 0 Å². The summed E-state index contributed by atoms with van der Waals surface area (Å²) in [5.41, 5.74) is -0.0816. The molecular formula is C12H13FO4. The summed E-state index contributed by atoms with van der Waals surface area (Å²) in [6, 6.07) is 3.66. The van der Waals surface area contributed by atoms with Gasteiger partial charge in [0.2, 0.25) is 0 Å². The topological polar surface area (TPSA) is 55.8 Å². The lowest BCUT2D eigenvalue weighted by Gasteiger charge is -2.23. The maximum Gasteiger partial charge on any atom is 0.335 e. The first kappa shape index (κ1) is 11.9. The predicted molar refractivity (Wildman–Crippen MR) is 57.8 cm³/mol. The molecule has 1 aliphatic rings. The van der Waals surface area contributed by atoms with Crippen molar-refractivity contribution in [2.24, 2.45) is 0 Å². The van der Waals surface area contributed by atoms with E-state index in [0.29, 0.717) is 13.2 Å². The van der Waals surface area contributed by atoms with Crippen molar-refractivity contribution in [1.29, 1.82) is 0 Å². The maximum absolute atomic E-state index is 13.5. The Labute approximate surface area is 98.0 Å². The number of halogens is 1. The lowest BCUT2D eigenvalue weighted by atomic mass is 10.1. The molecule has 0 aliphatic carbocycles. The number of benzene rings is 1. The number of hydrogen-bond donors (Lipinski definition) is 1. The molecule has 0 radical (unpaired) electrons. The molecule has 0 saturated carbocycles. The number of carbonyl (C=O) groups is 1. The lowest BCUT2D eigenvalue weighted by Crippen LogP contribution is -2.26. The minimum absolute atomic E-state index is 0.0612. The first-order valence-electron chi connectivity index (χ1n) is 5.44. The second-order valence-electron chi connectivity index (χ2n) is 3.88.